The molecule has 116 valence electrons. The zero-order valence-corrected chi connectivity index (χ0v) is 11.4. The number of halogens is 4. The summed E-state index contributed by atoms with van der Waals surface area (Å²) in [6.45, 7) is 0. The summed E-state index contributed by atoms with van der Waals surface area (Å²) in [5, 5.41) is 0. The Labute approximate surface area is 120 Å². The van der Waals surface area contributed by atoms with Gasteiger partial charge in [0.15, 0.2) is 0 Å². The molecule has 2 rings (SSSR count). The molecule has 0 aromatic heterocycles. The van der Waals surface area contributed by atoms with Gasteiger partial charge in [-0.2, -0.15) is 13.2 Å². The highest BCUT2D eigenvalue weighted by molar-refractivity contribution is 5.90. The number of esters is 1. The van der Waals surface area contributed by atoms with Crippen molar-refractivity contribution >= 4 is 5.97 Å². The Hall–Kier alpha value is -1.59. The lowest BCUT2D eigenvalue weighted by atomic mass is 10.1. The summed E-state index contributed by atoms with van der Waals surface area (Å²) in [5.41, 5.74) is -1.72. The molecule has 1 aromatic rings. The number of carbonyl (C=O) groups is 1. The summed E-state index contributed by atoms with van der Waals surface area (Å²) in [4.78, 5) is 11.9. The number of alkyl halides is 3. The van der Waals surface area contributed by atoms with Crippen LogP contribution in [0.25, 0.3) is 0 Å². The molecule has 1 aromatic carbocycles. The summed E-state index contributed by atoms with van der Waals surface area (Å²) in [5.74, 6) is -2.02. The van der Waals surface area contributed by atoms with Crippen molar-refractivity contribution in [3.05, 3.63) is 35.1 Å². The van der Waals surface area contributed by atoms with Gasteiger partial charge in [-0.25, -0.2) is 9.18 Å². The maximum absolute atomic E-state index is 13.6. The van der Waals surface area contributed by atoms with Crippen LogP contribution in [-0.2, 0) is 10.9 Å². The molecule has 0 bridgehead atoms. The van der Waals surface area contributed by atoms with E-state index in [4.69, 9.17) is 4.74 Å². The fourth-order valence-electron chi connectivity index (χ4n) is 2.43. The molecule has 0 heterocycles. The van der Waals surface area contributed by atoms with E-state index in [9.17, 15) is 22.4 Å². The normalized spacial score (nSPS) is 17.3. The van der Waals surface area contributed by atoms with Gasteiger partial charge in [-0.15, -0.1) is 0 Å². The lowest BCUT2D eigenvalue weighted by Crippen LogP contribution is -2.19. The maximum Gasteiger partial charge on any atom is 0.416 e. The first-order valence-electron chi connectivity index (χ1n) is 6.95. The van der Waals surface area contributed by atoms with E-state index in [-0.39, 0.29) is 6.10 Å². The molecule has 0 spiro atoms. The van der Waals surface area contributed by atoms with E-state index in [0.29, 0.717) is 31.0 Å². The molecule has 1 saturated carbocycles. The number of ether oxygens (including phenoxy) is 1. The Balaban J connectivity index is 2.14. The molecule has 1 aliphatic carbocycles. The van der Waals surface area contributed by atoms with E-state index in [1.54, 1.807) is 0 Å². The van der Waals surface area contributed by atoms with Crippen molar-refractivity contribution in [1.29, 1.82) is 0 Å². The van der Waals surface area contributed by atoms with Gasteiger partial charge in [-0.3, -0.25) is 0 Å². The number of benzene rings is 1. The average Bonchev–Trinajstić information content (AvgIpc) is 2.66. The van der Waals surface area contributed by atoms with E-state index in [2.05, 4.69) is 0 Å². The molecule has 6 heteroatoms. The number of carbonyl (C=O) groups excluding carboxylic acids is 1. The minimum Gasteiger partial charge on any atom is -0.459 e. The van der Waals surface area contributed by atoms with Crippen LogP contribution in [0.15, 0.2) is 18.2 Å². The zero-order valence-electron chi connectivity index (χ0n) is 11.4. The third kappa shape index (κ3) is 4.19. The Bertz CT molecular complexity index is 503. The smallest absolute Gasteiger partial charge is 0.416 e. The first kappa shape index (κ1) is 15.8. The van der Waals surface area contributed by atoms with Gasteiger partial charge in [0.25, 0.3) is 0 Å². The molecule has 0 aliphatic heterocycles. The van der Waals surface area contributed by atoms with Gasteiger partial charge >= 0.3 is 12.1 Å². The van der Waals surface area contributed by atoms with Crippen molar-refractivity contribution < 1.29 is 27.1 Å². The second kappa shape index (κ2) is 6.45. The summed E-state index contributed by atoms with van der Waals surface area (Å²) < 4.78 is 56.5. The summed E-state index contributed by atoms with van der Waals surface area (Å²) in [6, 6.07) is 1.76. The van der Waals surface area contributed by atoms with Gasteiger partial charge in [-0.1, -0.05) is 12.8 Å². The maximum atomic E-state index is 13.6. The standard InChI is InChI=1S/C15H16F4O2/c16-13-8-7-10(15(17,18)19)9-12(13)14(20)21-11-5-3-1-2-4-6-11/h7-9,11H,1-6H2. The lowest BCUT2D eigenvalue weighted by molar-refractivity contribution is -0.137. The molecule has 0 amide bonds. The second-order valence-corrected chi connectivity index (χ2v) is 5.21. The molecule has 1 fully saturated rings. The van der Waals surface area contributed by atoms with Crippen LogP contribution in [0, 0.1) is 5.82 Å². The lowest BCUT2D eigenvalue weighted by Gasteiger charge is -2.16. The third-order valence-corrected chi connectivity index (χ3v) is 3.59. The highest BCUT2D eigenvalue weighted by Crippen LogP contribution is 2.31. The summed E-state index contributed by atoms with van der Waals surface area (Å²) in [7, 11) is 0. The Kier molecular flexibility index (Phi) is 4.85. The fourth-order valence-corrected chi connectivity index (χ4v) is 2.43. The van der Waals surface area contributed by atoms with Gasteiger partial charge in [-0.05, 0) is 43.9 Å². The molecule has 21 heavy (non-hydrogen) atoms. The minimum absolute atomic E-state index is 0.339. The van der Waals surface area contributed by atoms with Crippen LogP contribution in [0.5, 0.6) is 0 Å². The van der Waals surface area contributed by atoms with Crippen molar-refractivity contribution in [1.82, 2.24) is 0 Å². The van der Waals surface area contributed by atoms with Crippen LogP contribution in [0.4, 0.5) is 17.6 Å². The molecule has 0 N–H and O–H groups in total. The van der Waals surface area contributed by atoms with Gasteiger partial charge in [0.2, 0.25) is 0 Å². The van der Waals surface area contributed by atoms with Crippen LogP contribution in [0.3, 0.4) is 0 Å². The first-order chi connectivity index (χ1) is 9.88. The molecule has 1 aliphatic rings. The molecule has 2 nitrogen and oxygen atoms in total. The Morgan fingerprint density at radius 1 is 1.10 bits per heavy atom. The number of hydrogen-bond donors (Lipinski definition) is 0. The predicted molar refractivity (Wildman–Crippen MR) is 68.3 cm³/mol. The molecular formula is C15H16F4O2. The summed E-state index contributed by atoms with van der Waals surface area (Å²) >= 11 is 0. The summed E-state index contributed by atoms with van der Waals surface area (Å²) in [6.07, 6.45) is 0.294. The monoisotopic (exact) mass is 304 g/mol. The largest absolute Gasteiger partial charge is 0.459 e. The van der Waals surface area contributed by atoms with Crippen LogP contribution in [-0.4, -0.2) is 12.1 Å². The quantitative estimate of drug-likeness (QED) is 0.449. The van der Waals surface area contributed by atoms with Gasteiger partial charge in [0.05, 0.1) is 11.1 Å². The fraction of sp³-hybridized carbons (Fsp3) is 0.533. The third-order valence-electron chi connectivity index (χ3n) is 3.59. The first-order valence-corrected chi connectivity index (χ1v) is 6.95. The van der Waals surface area contributed by atoms with E-state index >= 15 is 0 Å². The Morgan fingerprint density at radius 2 is 1.71 bits per heavy atom. The Morgan fingerprint density at radius 3 is 2.29 bits per heavy atom. The minimum atomic E-state index is -4.62. The van der Waals surface area contributed by atoms with Gasteiger partial charge < -0.3 is 4.74 Å². The number of rotatable bonds is 2. The topological polar surface area (TPSA) is 26.3 Å². The SMILES string of the molecule is O=C(OC1CCCCCC1)c1cc(C(F)(F)F)ccc1F. The van der Waals surface area contributed by atoms with E-state index in [0.717, 1.165) is 25.7 Å². The van der Waals surface area contributed by atoms with Crippen molar-refractivity contribution in [2.75, 3.05) is 0 Å². The van der Waals surface area contributed by atoms with E-state index in [1.807, 2.05) is 0 Å². The second-order valence-electron chi connectivity index (χ2n) is 5.21. The highest BCUT2D eigenvalue weighted by Gasteiger charge is 2.32. The predicted octanol–water partition coefficient (Wildman–Crippen LogP) is 4.72. The van der Waals surface area contributed by atoms with E-state index in [1.165, 1.54) is 0 Å². The highest BCUT2D eigenvalue weighted by atomic mass is 19.4. The number of hydrogen-bond acceptors (Lipinski definition) is 2. The van der Waals surface area contributed by atoms with Crippen molar-refractivity contribution in [3.63, 3.8) is 0 Å². The molecule has 0 radical (unpaired) electrons. The van der Waals surface area contributed by atoms with Gasteiger partial charge in [0, 0.05) is 0 Å². The van der Waals surface area contributed by atoms with E-state index < -0.39 is 29.1 Å². The van der Waals surface area contributed by atoms with Crippen molar-refractivity contribution in [3.8, 4) is 0 Å². The average molecular weight is 304 g/mol. The molecular weight excluding hydrogens is 288 g/mol. The molecule has 0 unspecified atom stereocenters. The van der Waals surface area contributed by atoms with Crippen LogP contribution < -0.4 is 0 Å². The molecule has 0 saturated heterocycles. The van der Waals surface area contributed by atoms with Crippen LogP contribution in [0.1, 0.15) is 54.4 Å². The van der Waals surface area contributed by atoms with Gasteiger partial charge in [0.1, 0.15) is 11.9 Å². The molecule has 0 atom stereocenters. The van der Waals surface area contributed by atoms with Crippen molar-refractivity contribution in [2.24, 2.45) is 0 Å². The van der Waals surface area contributed by atoms with Crippen LogP contribution in [0.2, 0.25) is 0 Å². The van der Waals surface area contributed by atoms with Crippen molar-refractivity contribution in [2.45, 2.75) is 50.8 Å². The zero-order chi connectivity index (χ0) is 15.5. The van der Waals surface area contributed by atoms with Crippen LogP contribution >= 0.6 is 0 Å².